The molecule has 0 aromatic heterocycles. The van der Waals surface area contributed by atoms with Crippen LogP contribution in [-0.4, -0.2) is 17.7 Å². The largest absolute Gasteiger partial charge is 0.505 e. The lowest BCUT2D eigenvalue weighted by Crippen LogP contribution is -2.16. The second kappa shape index (κ2) is 5.49. The zero-order chi connectivity index (χ0) is 12.1. The van der Waals surface area contributed by atoms with E-state index in [2.05, 4.69) is 0 Å². The van der Waals surface area contributed by atoms with Crippen LogP contribution in [0.3, 0.4) is 0 Å². The lowest BCUT2D eigenvalue weighted by Gasteiger charge is -2.10. The molecule has 0 aliphatic heterocycles. The van der Waals surface area contributed by atoms with Crippen LogP contribution >= 0.6 is 0 Å². The van der Waals surface area contributed by atoms with E-state index in [1.54, 1.807) is 19.9 Å². The molecule has 0 fully saturated rings. The highest BCUT2D eigenvalue weighted by atomic mass is 19.1. The van der Waals surface area contributed by atoms with Crippen molar-refractivity contribution in [2.24, 2.45) is 5.92 Å². The number of phenols is 1. The van der Waals surface area contributed by atoms with Crippen LogP contribution < -0.4 is 0 Å². The minimum Gasteiger partial charge on any atom is -0.505 e. The average molecular weight is 226 g/mol. The quantitative estimate of drug-likeness (QED) is 0.801. The summed E-state index contributed by atoms with van der Waals surface area (Å²) in [5, 5.41) is 9.00. The Morgan fingerprint density at radius 3 is 2.81 bits per heavy atom. The average Bonchev–Trinajstić information content (AvgIpc) is 2.24. The topological polar surface area (TPSA) is 46.5 Å². The lowest BCUT2D eigenvalue weighted by atomic mass is 10.0. The molecule has 0 radical (unpaired) electrons. The molecule has 0 aliphatic carbocycles. The van der Waals surface area contributed by atoms with Gasteiger partial charge in [0, 0.05) is 0 Å². The van der Waals surface area contributed by atoms with E-state index in [1.165, 1.54) is 12.1 Å². The Balaban J connectivity index is 2.66. The van der Waals surface area contributed by atoms with Crippen molar-refractivity contribution in [2.75, 3.05) is 6.61 Å². The van der Waals surface area contributed by atoms with Gasteiger partial charge in [-0.15, -0.1) is 0 Å². The van der Waals surface area contributed by atoms with Gasteiger partial charge in [-0.25, -0.2) is 4.39 Å². The number of aromatic hydroxyl groups is 1. The van der Waals surface area contributed by atoms with Gasteiger partial charge in [-0.05, 0) is 31.0 Å². The summed E-state index contributed by atoms with van der Waals surface area (Å²) in [6.45, 7) is 3.81. The van der Waals surface area contributed by atoms with Gasteiger partial charge in [-0.1, -0.05) is 13.0 Å². The van der Waals surface area contributed by atoms with Crippen molar-refractivity contribution in [3.05, 3.63) is 29.6 Å². The van der Waals surface area contributed by atoms with Crippen molar-refractivity contribution in [1.82, 2.24) is 0 Å². The van der Waals surface area contributed by atoms with Crippen LogP contribution in [0.2, 0.25) is 0 Å². The Morgan fingerprint density at radius 2 is 2.25 bits per heavy atom. The summed E-state index contributed by atoms with van der Waals surface area (Å²) in [6, 6.07) is 4.10. The fourth-order valence-corrected chi connectivity index (χ4v) is 1.40. The van der Waals surface area contributed by atoms with E-state index < -0.39 is 5.82 Å². The van der Waals surface area contributed by atoms with Crippen molar-refractivity contribution in [3.8, 4) is 5.75 Å². The summed E-state index contributed by atoms with van der Waals surface area (Å²) >= 11 is 0. The summed E-state index contributed by atoms with van der Waals surface area (Å²) in [4.78, 5) is 11.3. The number of rotatable bonds is 4. The SMILES string of the molecule is CCOC(=O)[C@H](C)Cc1ccc(O)c(F)c1. The zero-order valence-electron chi connectivity index (χ0n) is 9.37. The molecule has 1 aromatic carbocycles. The maximum atomic E-state index is 13.0. The third kappa shape index (κ3) is 3.22. The van der Waals surface area contributed by atoms with Crippen LogP contribution in [0, 0.1) is 11.7 Å². The molecular formula is C12H15FO3. The van der Waals surface area contributed by atoms with E-state index in [9.17, 15) is 9.18 Å². The van der Waals surface area contributed by atoms with Crippen molar-refractivity contribution in [2.45, 2.75) is 20.3 Å². The fourth-order valence-electron chi connectivity index (χ4n) is 1.40. The molecule has 88 valence electrons. The summed E-state index contributed by atoms with van der Waals surface area (Å²) in [6.07, 6.45) is 0.399. The van der Waals surface area contributed by atoms with Gasteiger partial charge >= 0.3 is 5.97 Å². The Bertz CT molecular complexity index is 377. The van der Waals surface area contributed by atoms with Crippen LogP contribution in [0.1, 0.15) is 19.4 Å². The first kappa shape index (κ1) is 12.5. The van der Waals surface area contributed by atoms with Gasteiger partial charge in [-0.3, -0.25) is 4.79 Å². The molecule has 3 nitrogen and oxygen atoms in total. The third-order valence-electron chi connectivity index (χ3n) is 2.24. The van der Waals surface area contributed by atoms with Crippen LogP contribution in [0.15, 0.2) is 18.2 Å². The number of phenolic OH excluding ortho intramolecular Hbond substituents is 1. The van der Waals surface area contributed by atoms with Crippen LogP contribution in [-0.2, 0) is 16.0 Å². The van der Waals surface area contributed by atoms with Crippen LogP contribution in [0.25, 0.3) is 0 Å². The van der Waals surface area contributed by atoms with E-state index in [0.29, 0.717) is 18.6 Å². The standard InChI is InChI=1S/C12H15FO3/c1-3-16-12(15)8(2)6-9-4-5-11(14)10(13)7-9/h4-5,7-8,14H,3,6H2,1-2H3/t8-/m1/s1. The lowest BCUT2D eigenvalue weighted by molar-refractivity contribution is -0.147. The number of hydrogen-bond donors (Lipinski definition) is 1. The van der Waals surface area contributed by atoms with Crippen molar-refractivity contribution < 1.29 is 19.0 Å². The molecule has 0 aliphatic rings. The van der Waals surface area contributed by atoms with E-state index in [4.69, 9.17) is 9.84 Å². The van der Waals surface area contributed by atoms with Crippen molar-refractivity contribution >= 4 is 5.97 Å². The first-order chi connectivity index (χ1) is 7.54. The Hall–Kier alpha value is -1.58. The van der Waals surface area contributed by atoms with Gasteiger partial charge in [0.15, 0.2) is 11.6 Å². The molecule has 0 unspecified atom stereocenters. The number of halogens is 1. The normalized spacial score (nSPS) is 12.2. The number of carbonyl (C=O) groups is 1. The summed E-state index contributed by atoms with van der Waals surface area (Å²) < 4.78 is 17.9. The first-order valence-corrected chi connectivity index (χ1v) is 5.18. The van der Waals surface area contributed by atoms with E-state index in [1.807, 2.05) is 0 Å². The summed E-state index contributed by atoms with van der Waals surface area (Å²) in [7, 11) is 0. The highest BCUT2D eigenvalue weighted by molar-refractivity contribution is 5.72. The molecule has 16 heavy (non-hydrogen) atoms. The number of hydrogen-bond acceptors (Lipinski definition) is 3. The van der Waals surface area contributed by atoms with E-state index in [-0.39, 0.29) is 17.6 Å². The second-order valence-electron chi connectivity index (χ2n) is 3.64. The van der Waals surface area contributed by atoms with Gasteiger partial charge in [-0.2, -0.15) is 0 Å². The van der Waals surface area contributed by atoms with E-state index >= 15 is 0 Å². The van der Waals surface area contributed by atoms with Gasteiger partial charge < -0.3 is 9.84 Å². The Labute approximate surface area is 93.9 Å². The molecule has 0 bridgehead atoms. The highest BCUT2D eigenvalue weighted by Gasteiger charge is 2.15. The maximum absolute atomic E-state index is 13.0. The Morgan fingerprint density at radius 1 is 1.56 bits per heavy atom. The number of esters is 1. The van der Waals surface area contributed by atoms with Crippen molar-refractivity contribution in [1.29, 1.82) is 0 Å². The predicted octanol–water partition coefficient (Wildman–Crippen LogP) is 2.27. The van der Waals surface area contributed by atoms with E-state index in [0.717, 1.165) is 0 Å². The van der Waals surface area contributed by atoms with Crippen LogP contribution in [0.5, 0.6) is 5.75 Å². The molecule has 0 spiro atoms. The van der Waals surface area contributed by atoms with Gasteiger partial charge in [0.1, 0.15) is 0 Å². The molecular weight excluding hydrogens is 211 g/mol. The second-order valence-corrected chi connectivity index (χ2v) is 3.64. The minimum absolute atomic E-state index is 0.295. The molecule has 0 saturated carbocycles. The van der Waals surface area contributed by atoms with Gasteiger partial charge in [0.25, 0.3) is 0 Å². The highest BCUT2D eigenvalue weighted by Crippen LogP contribution is 2.18. The molecule has 1 rings (SSSR count). The van der Waals surface area contributed by atoms with Gasteiger partial charge in [0.05, 0.1) is 12.5 Å². The van der Waals surface area contributed by atoms with Crippen molar-refractivity contribution in [3.63, 3.8) is 0 Å². The first-order valence-electron chi connectivity index (χ1n) is 5.18. The minimum atomic E-state index is -0.673. The molecule has 0 saturated heterocycles. The third-order valence-corrected chi connectivity index (χ3v) is 2.24. The number of carbonyl (C=O) groups excluding carboxylic acids is 1. The maximum Gasteiger partial charge on any atom is 0.308 e. The molecule has 1 atom stereocenters. The zero-order valence-corrected chi connectivity index (χ0v) is 9.37. The molecule has 0 heterocycles. The fraction of sp³-hybridized carbons (Fsp3) is 0.417. The summed E-state index contributed by atoms with van der Waals surface area (Å²) in [5.41, 5.74) is 0.663. The smallest absolute Gasteiger partial charge is 0.308 e. The van der Waals surface area contributed by atoms with Crippen LogP contribution in [0.4, 0.5) is 4.39 Å². The number of ether oxygens (including phenoxy) is 1. The molecule has 1 aromatic rings. The monoisotopic (exact) mass is 226 g/mol. The molecule has 4 heteroatoms. The van der Waals surface area contributed by atoms with Gasteiger partial charge in [0.2, 0.25) is 0 Å². The number of benzene rings is 1. The molecule has 1 N–H and O–H groups in total. The molecule has 0 amide bonds. The predicted molar refractivity (Wildman–Crippen MR) is 57.6 cm³/mol. The Kier molecular flexibility index (Phi) is 4.28. The summed E-state index contributed by atoms with van der Waals surface area (Å²) in [5.74, 6) is -1.67.